The summed E-state index contributed by atoms with van der Waals surface area (Å²) in [7, 11) is -3.76. The van der Waals surface area contributed by atoms with E-state index in [0.29, 0.717) is 5.69 Å². The fourth-order valence-electron chi connectivity index (χ4n) is 1.92. The van der Waals surface area contributed by atoms with Gasteiger partial charge in [-0.05, 0) is 24.3 Å². The molecule has 0 radical (unpaired) electrons. The van der Waals surface area contributed by atoms with E-state index < -0.39 is 41.2 Å². The Labute approximate surface area is 115 Å². The molecule has 20 heavy (non-hydrogen) atoms. The van der Waals surface area contributed by atoms with Gasteiger partial charge in [-0.1, -0.05) is 0 Å². The molecule has 1 aromatic carbocycles. The summed E-state index contributed by atoms with van der Waals surface area (Å²) in [4.78, 5) is -0.0378. The van der Waals surface area contributed by atoms with Gasteiger partial charge in [0.2, 0.25) is 10.0 Å². The number of ether oxygens (including phenoxy) is 1. The van der Waals surface area contributed by atoms with Gasteiger partial charge < -0.3 is 25.4 Å². The molecule has 1 aliphatic rings. The number of rotatable bonds is 4. The van der Waals surface area contributed by atoms with Gasteiger partial charge in [0, 0.05) is 5.69 Å². The summed E-state index contributed by atoms with van der Waals surface area (Å²) in [6, 6.07) is 5.51. The van der Waals surface area contributed by atoms with E-state index in [4.69, 9.17) is 15.0 Å². The molecule has 2 rings (SSSR count). The lowest BCUT2D eigenvalue weighted by Gasteiger charge is -2.17. The zero-order valence-electron chi connectivity index (χ0n) is 10.4. The first kappa shape index (κ1) is 15.2. The number of nitrogens with one attached hydrogen (secondary N) is 1. The van der Waals surface area contributed by atoms with E-state index in [1.165, 1.54) is 24.3 Å². The smallest absolute Gasteiger partial charge is 0.238 e. The number of sulfonamides is 1. The van der Waals surface area contributed by atoms with Crippen molar-refractivity contribution < 1.29 is 28.5 Å². The molecule has 4 atom stereocenters. The van der Waals surface area contributed by atoms with Crippen LogP contribution in [-0.2, 0) is 14.8 Å². The maximum absolute atomic E-state index is 11.1. The summed E-state index contributed by atoms with van der Waals surface area (Å²) in [5, 5.41) is 36.0. The van der Waals surface area contributed by atoms with Crippen LogP contribution in [-0.4, -0.2) is 54.9 Å². The highest BCUT2D eigenvalue weighted by Crippen LogP contribution is 2.23. The van der Waals surface area contributed by atoms with Crippen molar-refractivity contribution in [3.05, 3.63) is 24.3 Å². The molecule has 1 aliphatic heterocycles. The third-order valence-corrected chi connectivity index (χ3v) is 3.96. The Hall–Kier alpha value is -1.23. The summed E-state index contributed by atoms with van der Waals surface area (Å²) < 4.78 is 27.4. The van der Waals surface area contributed by atoms with E-state index in [0.717, 1.165) is 0 Å². The SMILES string of the molecule is NS(=O)(=O)c1ccc(N[C@H]2O[C@@H](CO)[C@@H](O)[C@@H]2O)cc1. The van der Waals surface area contributed by atoms with Gasteiger partial charge in [0.25, 0.3) is 0 Å². The van der Waals surface area contributed by atoms with Crippen LogP contribution < -0.4 is 10.5 Å². The zero-order valence-corrected chi connectivity index (χ0v) is 11.2. The summed E-state index contributed by atoms with van der Waals surface area (Å²) >= 11 is 0. The molecule has 0 saturated carbocycles. The van der Waals surface area contributed by atoms with Crippen LogP contribution in [0.4, 0.5) is 5.69 Å². The van der Waals surface area contributed by atoms with Crippen molar-refractivity contribution in [3.8, 4) is 0 Å². The van der Waals surface area contributed by atoms with Crippen LogP contribution in [0, 0.1) is 0 Å². The Balaban J connectivity index is 2.08. The highest BCUT2D eigenvalue weighted by atomic mass is 32.2. The lowest BCUT2D eigenvalue weighted by Crippen LogP contribution is -2.36. The molecule has 6 N–H and O–H groups in total. The first-order chi connectivity index (χ1) is 9.32. The van der Waals surface area contributed by atoms with Crippen molar-refractivity contribution in [2.45, 2.75) is 29.4 Å². The van der Waals surface area contributed by atoms with Gasteiger partial charge in [-0.2, -0.15) is 0 Å². The first-order valence-electron chi connectivity index (χ1n) is 5.85. The average molecular weight is 304 g/mol. The second-order valence-electron chi connectivity index (χ2n) is 4.47. The van der Waals surface area contributed by atoms with Crippen molar-refractivity contribution >= 4 is 15.7 Å². The van der Waals surface area contributed by atoms with Gasteiger partial charge in [0.15, 0.2) is 6.23 Å². The third-order valence-electron chi connectivity index (χ3n) is 3.03. The lowest BCUT2D eigenvalue weighted by molar-refractivity contribution is -0.0153. The van der Waals surface area contributed by atoms with Crippen LogP contribution in [0.1, 0.15) is 0 Å². The minimum absolute atomic E-state index is 0.0378. The fraction of sp³-hybridized carbons (Fsp3) is 0.455. The van der Waals surface area contributed by atoms with Crippen LogP contribution in [0.3, 0.4) is 0 Å². The monoisotopic (exact) mass is 304 g/mol. The van der Waals surface area contributed by atoms with Gasteiger partial charge in [-0.3, -0.25) is 0 Å². The molecule has 9 heteroatoms. The van der Waals surface area contributed by atoms with Crippen molar-refractivity contribution in [3.63, 3.8) is 0 Å². The second-order valence-corrected chi connectivity index (χ2v) is 6.03. The summed E-state index contributed by atoms with van der Waals surface area (Å²) in [5.41, 5.74) is 0.479. The molecule has 0 unspecified atom stereocenters. The zero-order chi connectivity index (χ0) is 14.9. The standard InChI is InChI=1S/C11H16N2O6S/c12-20(17,18)7-3-1-6(2-4-7)13-11-10(16)9(15)8(5-14)19-11/h1-4,8-11,13-16H,5H2,(H2,12,17,18)/t8-,9+,10-,11-/m0/s1. The maximum atomic E-state index is 11.1. The van der Waals surface area contributed by atoms with Gasteiger partial charge in [-0.25, -0.2) is 13.6 Å². The van der Waals surface area contributed by atoms with Crippen LogP contribution in [0.25, 0.3) is 0 Å². The maximum Gasteiger partial charge on any atom is 0.238 e. The van der Waals surface area contributed by atoms with E-state index in [1.807, 2.05) is 0 Å². The van der Waals surface area contributed by atoms with E-state index in [-0.39, 0.29) is 4.90 Å². The number of aliphatic hydroxyl groups excluding tert-OH is 3. The molecule has 0 aliphatic carbocycles. The highest BCUT2D eigenvalue weighted by Gasteiger charge is 2.42. The molecule has 0 spiro atoms. The van der Waals surface area contributed by atoms with Gasteiger partial charge in [0.1, 0.15) is 18.3 Å². The number of hydrogen-bond donors (Lipinski definition) is 5. The Bertz CT molecular complexity index is 561. The molecule has 112 valence electrons. The van der Waals surface area contributed by atoms with Crippen molar-refractivity contribution in [1.82, 2.24) is 0 Å². The number of aliphatic hydroxyl groups is 3. The second kappa shape index (κ2) is 5.64. The Kier molecular flexibility index (Phi) is 4.28. The van der Waals surface area contributed by atoms with Crippen molar-refractivity contribution in [2.24, 2.45) is 5.14 Å². The predicted octanol–water partition coefficient (Wildman–Crippen LogP) is -1.82. The van der Waals surface area contributed by atoms with Crippen LogP contribution in [0.5, 0.6) is 0 Å². The molecule has 8 nitrogen and oxygen atoms in total. The van der Waals surface area contributed by atoms with Crippen molar-refractivity contribution in [2.75, 3.05) is 11.9 Å². The summed E-state index contributed by atoms with van der Waals surface area (Å²) in [5.74, 6) is 0. The topological polar surface area (TPSA) is 142 Å². The lowest BCUT2D eigenvalue weighted by atomic mass is 10.1. The Morgan fingerprint density at radius 2 is 1.80 bits per heavy atom. The Morgan fingerprint density at radius 1 is 1.20 bits per heavy atom. The van der Waals surface area contributed by atoms with Gasteiger partial charge >= 0.3 is 0 Å². The first-order valence-corrected chi connectivity index (χ1v) is 7.39. The fourth-order valence-corrected chi connectivity index (χ4v) is 2.44. The molecule has 0 bridgehead atoms. The molecule has 1 saturated heterocycles. The average Bonchev–Trinajstić information content (AvgIpc) is 2.66. The predicted molar refractivity (Wildman–Crippen MR) is 69.2 cm³/mol. The number of benzene rings is 1. The van der Waals surface area contributed by atoms with Crippen LogP contribution >= 0.6 is 0 Å². The van der Waals surface area contributed by atoms with Gasteiger partial charge in [0.05, 0.1) is 11.5 Å². The van der Waals surface area contributed by atoms with E-state index in [9.17, 15) is 18.6 Å². The molecule has 1 fully saturated rings. The van der Waals surface area contributed by atoms with Crippen LogP contribution in [0.2, 0.25) is 0 Å². The normalized spacial score (nSPS) is 30.4. The van der Waals surface area contributed by atoms with E-state index >= 15 is 0 Å². The largest absolute Gasteiger partial charge is 0.394 e. The van der Waals surface area contributed by atoms with Crippen LogP contribution in [0.15, 0.2) is 29.2 Å². The third kappa shape index (κ3) is 3.08. The molecular weight excluding hydrogens is 288 g/mol. The molecular formula is C11H16N2O6S. The molecule has 0 amide bonds. The number of nitrogens with two attached hydrogens (primary N) is 1. The minimum atomic E-state index is -3.76. The molecule has 1 aromatic rings. The summed E-state index contributed by atoms with van der Waals surface area (Å²) in [6.07, 6.45) is -4.17. The summed E-state index contributed by atoms with van der Waals surface area (Å²) in [6.45, 7) is -0.416. The van der Waals surface area contributed by atoms with E-state index in [1.54, 1.807) is 0 Å². The van der Waals surface area contributed by atoms with Crippen molar-refractivity contribution in [1.29, 1.82) is 0 Å². The number of hydrogen-bond acceptors (Lipinski definition) is 7. The highest BCUT2D eigenvalue weighted by molar-refractivity contribution is 7.89. The quantitative estimate of drug-likeness (QED) is 0.441. The number of primary sulfonamides is 1. The van der Waals surface area contributed by atoms with E-state index in [2.05, 4.69) is 5.32 Å². The number of anilines is 1. The Morgan fingerprint density at radius 3 is 2.25 bits per heavy atom. The minimum Gasteiger partial charge on any atom is -0.394 e. The molecule has 0 aromatic heterocycles. The van der Waals surface area contributed by atoms with Gasteiger partial charge in [-0.15, -0.1) is 0 Å². The molecule has 1 heterocycles.